The first-order valence-electron chi connectivity index (χ1n) is 20.1. The molecule has 4 aliphatic rings. The molecular formula is C47H37Cl2F3N4O7. The number of allylic oxidation sites excluding steroid dienone is 2. The molecule has 2 saturated heterocycles. The molecule has 16 heteroatoms. The summed E-state index contributed by atoms with van der Waals surface area (Å²) in [4.78, 5) is 64.3. The maximum Gasteiger partial charge on any atom is 0.417 e. The van der Waals surface area contributed by atoms with Crippen LogP contribution >= 0.6 is 23.2 Å². The minimum atomic E-state index is -4.78. The molecule has 2 aliphatic carbocycles. The fourth-order valence-electron chi connectivity index (χ4n) is 9.91. The van der Waals surface area contributed by atoms with Crippen LogP contribution in [0.15, 0.2) is 121 Å². The van der Waals surface area contributed by atoms with Gasteiger partial charge in [0.05, 0.1) is 33.8 Å². The van der Waals surface area contributed by atoms with Crippen molar-refractivity contribution < 1.29 is 47.3 Å². The topological polar surface area (TPSA) is 149 Å². The lowest BCUT2D eigenvalue weighted by Gasteiger charge is -2.50. The summed E-state index contributed by atoms with van der Waals surface area (Å²) in [6, 6.07) is 27.4. The lowest BCUT2D eigenvalue weighted by Crippen LogP contribution is -2.53. The molecule has 1 saturated carbocycles. The highest BCUT2D eigenvalue weighted by atomic mass is 35.5. The molecule has 9 rings (SSSR count). The Hall–Kier alpha value is -6.38. The summed E-state index contributed by atoms with van der Waals surface area (Å²) in [7, 11) is 0. The van der Waals surface area contributed by atoms with Crippen molar-refractivity contribution >= 4 is 52.6 Å². The Morgan fingerprint density at radius 1 is 0.841 bits per heavy atom. The third-order valence-electron chi connectivity index (χ3n) is 12.8. The number of hydrazine groups is 1. The van der Waals surface area contributed by atoms with Gasteiger partial charge in [-0.3, -0.25) is 29.5 Å². The number of rotatable bonds is 10. The number of ether oxygens (including phenoxy) is 1. The molecule has 5 aromatic rings. The van der Waals surface area contributed by atoms with E-state index < -0.39 is 75.3 Å². The fourth-order valence-corrected chi connectivity index (χ4v) is 10.2. The van der Waals surface area contributed by atoms with Crippen LogP contribution in [0.25, 0.3) is 0 Å². The van der Waals surface area contributed by atoms with E-state index >= 15 is 9.59 Å². The number of carbonyl (C=O) groups is 4. The van der Waals surface area contributed by atoms with Gasteiger partial charge in [-0.15, -0.1) is 0 Å². The summed E-state index contributed by atoms with van der Waals surface area (Å²) in [6.45, 7) is 0.254. The van der Waals surface area contributed by atoms with Crippen LogP contribution in [0.3, 0.4) is 0 Å². The first-order valence-corrected chi connectivity index (χ1v) is 20.9. The number of alkyl halides is 3. The number of imide groups is 2. The summed E-state index contributed by atoms with van der Waals surface area (Å²) in [5, 5.41) is 22.3. The van der Waals surface area contributed by atoms with Gasteiger partial charge in [0.2, 0.25) is 11.8 Å². The molecule has 11 nitrogen and oxygen atoms in total. The molecule has 3 N–H and O–H groups in total. The normalized spacial score (nSPS) is 24.2. The Morgan fingerprint density at radius 2 is 1.57 bits per heavy atom. The van der Waals surface area contributed by atoms with E-state index in [1.54, 1.807) is 48.5 Å². The van der Waals surface area contributed by atoms with Crippen LogP contribution in [0.4, 0.5) is 19.0 Å². The van der Waals surface area contributed by atoms with Crippen molar-refractivity contribution in [2.45, 2.75) is 43.4 Å². The largest absolute Gasteiger partial charge is 0.508 e. The van der Waals surface area contributed by atoms with Crippen molar-refractivity contribution in [2.24, 2.45) is 23.7 Å². The van der Waals surface area contributed by atoms with Crippen molar-refractivity contribution in [3.8, 4) is 17.2 Å². The Labute approximate surface area is 368 Å². The number of anilines is 1. The number of aromatic hydroxyl groups is 2. The first kappa shape index (κ1) is 41.9. The first-order chi connectivity index (χ1) is 30.2. The Balaban J connectivity index is 1.16. The quantitative estimate of drug-likeness (QED) is 0.0926. The van der Waals surface area contributed by atoms with Gasteiger partial charge in [0, 0.05) is 35.3 Å². The van der Waals surface area contributed by atoms with E-state index in [1.165, 1.54) is 23.1 Å². The van der Waals surface area contributed by atoms with Crippen LogP contribution in [-0.4, -0.2) is 55.3 Å². The molecule has 63 heavy (non-hydrogen) atoms. The molecule has 3 fully saturated rings. The van der Waals surface area contributed by atoms with Gasteiger partial charge in [0.1, 0.15) is 23.9 Å². The van der Waals surface area contributed by atoms with E-state index in [2.05, 4.69) is 10.4 Å². The molecule has 3 heterocycles. The van der Waals surface area contributed by atoms with Gasteiger partial charge in [0.15, 0.2) is 5.82 Å². The van der Waals surface area contributed by atoms with Crippen molar-refractivity contribution in [3.05, 3.63) is 159 Å². The van der Waals surface area contributed by atoms with E-state index in [1.807, 2.05) is 36.4 Å². The number of nitrogens with one attached hydrogen (secondary N) is 1. The van der Waals surface area contributed by atoms with Crippen LogP contribution in [0.2, 0.25) is 10.0 Å². The number of pyridine rings is 1. The van der Waals surface area contributed by atoms with E-state index in [4.69, 9.17) is 27.9 Å². The number of benzene rings is 4. The van der Waals surface area contributed by atoms with Crippen molar-refractivity contribution in [3.63, 3.8) is 0 Å². The van der Waals surface area contributed by atoms with Gasteiger partial charge < -0.3 is 14.9 Å². The van der Waals surface area contributed by atoms with Crippen molar-refractivity contribution in [2.75, 3.05) is 12.0 Å². The molecule has 0 radical (unpaired) electrons. The highest BCUT2D eigenvalue weighted by Gasteiger charge is 2.70. The van der Waals surface area contributed by atoms with Gasteiger partial charge in [-0.25, -0.2) is 4.98 Å². The number of nitrogens with zero attached hydrogens (tertiary/aromatic N) is 3. The average Bonchev–Trinajstić information content (AvgIpc) is 3.63. The summed E-state index contributed by atoms with van der Waals surface area (Å²) in [6.07, 6.45) is -2.05. The van der Waals surface area contributed by atoms with Crippen molar-refractivity contribution in [1.29, 1.82) is 0 Å². The highest BCUT2D eigenvalue weighted by molar-refractivity contribution is 6.33. The lowest BCUT2D eigenvalue weighted by molar-refractivity contribution is -0.141. The monoisotopic (exact) mass is 896 g/mol. The summed E-state index contributed by atoms with van der Waals surface area (Å²) in [5.74, 6) is -7.56. The minimum Gasteiger partial charge on any atom is -0.508 e. The predicted molar refractivity (Wildman–Crippen MR) is 224 cm³/mol. The molecule has 4 aromatic carbocycles. The van der Waals surface area contributed by atoms with Crippen LogP contribution in [0.1, 0.15) is 46.6 Å². The van der Waals surface area contributed by atoms with Gasteiger partial charge in [-0.05, 0) is 78.3 Å². The summed E-state index contributed by atoms with van der Waals surface area (Å²) < 4.78 is 46.8. The Kier molecular flexibility index (Phi) is 10.7. The Bertz CT molecular complexity index is 2680. The number of aromatic nitrogens is 1. The number of hydrogen-bond acceptors (Lipinski definition) is 9. The summed E-state index contributed by atoms with van der Waals surface area (Å²) >= 11 is 12.7. The van der Waals surface area contributed by atoms with Gasteiger partial charge in [-0.2, -0.15) is 18.2 Å². The van der Waals surface area contributed by atoms with E-state index in [9.17, 15) is 33.0 Å². The van der Waals surface area contributed by atoms with Gasteiger partial charge in [-0.1, -0.05) is 95.5 Å². The molecule has 0 spiro atoms. The molecule has 322 valence electrons. The average molecular weight is 898 g/mol. The molecule has 6 unspecified atom stereocenters. The molecule has 0 bridgehead atoms. The molecular weight excluding hydrogens is 860 g/mol. The maximum atomic E-state index is 15.5. The van der Waals surface area contributed by atoms with Crippen LogP contribution < -0.4 is 10.2 Å². The van der Waals surface area contributed by atoms with Gasteiger partial charge >= 0.3 is 6.18 Å². The number of carbonyl (C=O) groups excluding carboxylic acids is 4. The maximum absolute atomic E-state index is 15.5. The number of phenols is 2. The third kappa shape index (κ3) is 7.24. The van der Waals surface area contributed by atoms with Crippen LogP contribution in [0, 0.1) is 23.7 Å². The predicted octanol–water partition coefficient (Wildman–Crippen LogP) is 8.63. The number of amides is 4. The van der Waals surface area contributed by atoms with Crippen LogP contribution in [0.5, 0.6) is 17.2 Å². The number of phenolic OH excluding ortho intramolecular Hbond substituents is 2. The zero-order valence-electron chi connectivity index (χ0n) is 33.1. The zero-order valence-corrected chi connectivity index (χ0v) is 34.6. The van der Waals surface area contributed by atoms with E-state index in [0.717, 1.165) is 11.1 Å². The second kappa shape index (κ2) is 16.1. The van der Waals surface area contributed by atoms with E-state index in [0.29, 0.717) is 45.6 Å². The molecule has 4 amide bonds. The third-order valence-corrected chi connectivity index (χ3v) is 13.3. The van der Waals surface area contributed by atoms with Crippen LogP contribution in [-0.2, 0) is 43.8 Å². The number of fused-ring (bicyclic) bond motifs is 4. The molecule has 2 aliphatic heterocycles. The number of halogens is 5. The smallest absolute Gasteiger partial charge is 0.417 e. The summed E-state index contributed by atoms with van der Waals surface area (Å²) in [5.41, 5.74) is 2.42. The number of likely N-dealkylation sites (tertiary alicyclic amines) is 1. The second-order valence-electron chi connectivity index (χ2n) is 16.2. The second-order valence-corrected chi connectivity index (χ2v) is 17.0. The van der Waals surface area contributed by atoms with Crippen molar-refractivity contribution in [1.82, 2.24) is 14.9 Å². The number of hydrogen-bond donors (Lipinski definition) is 3. The standard InChI is InChI=1S/C47H37Cl2F3N4O7/c48-29-10-8-27(9-11-29)46-36(43(60)56(45(46)62)54-41-37(49)20-28(23-53-41)47(50,51)52)22-35-32(40(46)33-15-14-31(21-38(33)58)63-24-26-4-2-1-3-5-26)16-17-34-39(35)44(61)55(42(34)59)19-18-25-6-12-30(57)13-7-25/h1-16,20-21,23,34-36,39-40,57-58H,17-19,22,24H2,(H,53,54). The lowest BCUT2D eigenvalue weighted by atomic mass is 9.49. The van der Waals surface area contributed by atoms with E-state index in [-0.39, 0.29) is 49.0 Å². The fraction of sp³-hybridized carbons (Fsp3) is 0.255. The molecule has 6 atom stereocenters. The SMILES string of the molecule is O=C1C2CC=C3C(CC4C(=O)N(Nc5ncc(C(F)(F)F)cc5Cl)C(=O)C4(c4ccc(Cl)cc4)C3c3ccc(OCc4ccccc4)cc3O)C2C(=O)N1CCc1ccc(O)cc1. The highest BCUT2D eigenvalue weighted by Crippen LogP contribution is 2.65. The zero-order chi connectivity index (χ0) is 44.4. The van der Waals surface area contributed by atoms with Gasteiger partial charge in [0.25, 0.3) is 11.8 Å². The minimum absolute atomic E-state index is 0.0697. The molecule has 1 aromatic heterocycles. The Morgan fingerprint density at radius 3 is 2.25 bits per heavy atom.